The Morgan fingerprint density at radius 2 is 2.19 bits per heavy atom. The molecule has 0 saturated heterocycles. The number of carbonyl (C=O) groups is 1. The highest BCUT2D eigenvalue weighted by Gasteiger charge is 2.09. The van der Waals surface area contributed by atoms with Gasteiger partial charge in [-0.3, -0.25) is 9.48 Å². The summed E-state index contributed by atoms with van der Waals surface area (Å²) in [4.78, 5) is 12.1. The maximum Gasteiger partial charge on any atom is 0.189 e. The van der Waals surface area contributed by atoms with Crippen LogP contribution in [0.3, 0.4) is 0 Å². The summed E-state index contributed by atoms with van der Waals surface area (Å²) < 4.78 is 3.56. The summed E-state index contributed by atoms with van der Waals surface area (Å²) in [5.74, 6) is -0.0938. The van der Waals surface area contributed by atoms with E-state index in [1.165, 1.54) is 6.08 Å². The lowest BCUT2D eigenvalue weighted by Crippen LogP contribution is -2.00. The van der Waals surface area contributed by atoms with Gasteiger partial charge in [-0.05, 0) is 44.6 Å². The van der Waals surface area contributed by atoms with Crippen molar-refractivity contribution >= 4 is 11.9 Å². The summed E-state index contributed by atoms with van der Waals surface area (Å²) in [6.07, 6.45) is 6.58. The lowest BCUT2D eigenvalue weighted by molar-refractivity contribution is 0.104. The molecule has 0 bridgehead atoms. The van der Waals surface area contributed by atoms with Gasteiger partial charge in [0.1, 0.15) is 11.8 Å². The van der Waals surface area contributed by atoms with E-state index in [-0.39, 0.29) is 11.8 Å². The molecule has 2 heterocycles. The van der Waals surface area contributed by atoms with Gasteiger partial charge in [0, 0.05) is 25.0 Å². The van der Waals surface area contributed by atoms with Crippen molar-refractivity contribution in [3.8, 4) is 6.07 Å². The van der Waals surface area contributed by atoms with Crippen LogP contribution in [0.25, 0.3) is 6.08 Å². The molecular formula is C16H18N4O. The van der Waals surface area contributed by atoms with Crippen molar-refractivity contribution in [1.82, 2.24) is 14.3 Å². The fraction of sp³-hybridized carbons (Fsp3) is 0.312. The Morgan fingerprint density at radius 3 is 2.71 bits per heavy atom. The van der Waals surface area contributed by atoms with Crippen LogP contribution in [0.5, 0.6) is 0 Å². The highest BCUT2D eigenvalue weighted by molar-refractivity contribution is 6.06. The van der Waals surface area contributed by atoms with Crippen molar-refractivity contribution in [1.29, 1.82) is 5.26 Å². The summed E-state index contributed by atoms with van der Waals surface area (Å²) >= 11 is 0. The van der Waals surface area contributed by atoms with Crippen molar-refractivity contribution in [2.45, 2.75) is 26.8 Å². The number of hydrogen-bond donors (Lipinski definition) is 0. The van der Waals surface area contributed by atoms with Gasteiger partial charge in [-0.15, -0.1) is 0 Å². The maximum atomic E-state index is 12.1. The van der Waals surface area contributed by atoms with Crippen LogP contribution in [0.4, 0.5) is 0 Å². The number of nitrogens with zero attached hydrogens (tertiary/aromatic N) is 4. The lowest BCUT2D eigenvalue weighted by Gasteiger charge is -2.02. The number of nitriles is 1. The average Bonchev–Trinajstić information content (AvgIpc) is 3.04. The molecule has 5 nitrogen and oxygen atoms in total. The third kappa shape index (κ3) is 2.95. The molecule has 108 valence electrons. The molecule has 0 amide bonds. The SMILES string of the molecule is Cc1c(/C=C/C(=O)c2cnn(C(C)C)c2)cc(C#N)n1C. The van der Waals surface area contributed by atoms with E-state index in [2.05, 4.69) is 11.2 Å². The summed E-state index contributed by atoms with van der Waals surface area (Å²) in [5.41, 5.74) is 2.97. The predicted molar refractivity (Wildman–Crippen MR) is 80.8 cm³/mol. The van der Waals surface area contributed by atoms with Gasteiger partial charge >= 0.3 is 0 Å². The molecule has 0 aromatic carbocycles. The van der Waals surface area contributed by atoms with Crippen LogP contribution in [-0.4, -0.2) is 20.1 Å². The van der Waals surface area contributed by atoms with Crippen LogP contribution in [0.15, 0.2) is 24.5 Å². The number of ketones is 1. The Hall–Kier alpha value is -2.61. The van der Waals surface area contributed by atoms with Crippen LogP contribution >= 0.6 is 0 Å². The fourth-order valence-corrected chi connectivity index (χ4v) is 2.01. The predicted octanol–water partition coefficient (Wildman–Crippen LogP) is 2.88. The van der Waals surface area contributed by atoms with Gasteiger partial charge in [-0.2, -0.15) is 10.4 Å². The molecule has 0 N–H and O–H groups in total. The minimum Gasteiger partial charge on any atom is -0.339 e. The Balaban J connectivity index is 2.21. The number of rotatable bonds is 4. The van der Waals surface area contributed by atoms with Crippen molar-refractivity contribution in [2.75, 3.05) is 0 Å². The Labute approximate surface area is 124 Å². The Bertz CT molecular complexity index is 741. The van der Waals surface area contributed by atoms with Gasteiger partial charge in [-0.25, -0.2) is 0 Å². The van der Waals surface area contributed by atoms with E-state index in [1.54, 1.807) is 33.8 Å². The third-order valence-electron chi connectivity index (χ3n) is 3.52. The number of hydrogen-bond acceptors (Lipinski definition) is 3. The monoisotopic (exact) mass is 282 g/mol. The van der Waals surface area contributed by atoms with Crippen LogP contribution in [0, 0.1) is 18.3 Å². The van der Waals surface area contributed by atoms with E-state index in [9.17, 15) is 4.79 Å². The molecule has 2 rings (SSSR count). The molecule has 0 saturated carbocycles. The van der Waals surface area contributed by atoms with Crippen LogP contribution in [0.2, 0.25) is 0 Å². The van der Waals surface area contributed by atoms with E-state index in [1.807, 2.05) is 27.8 Å². The molecule has 0 aliphatic carbocycles. The van der Waals surface area contributed by atoms with E-state index < -0.39 is 0 Å². The number of allylic oxidation sites excluding steroid dienone is 1. The van der Waals surface area contributed by atoms with Gasteiger partial charge in [0.05, 0.1) is 11.8 Å². The molecule has 0 spiro atoms. The number of carbonyl (C=O) groups excluding carboxylic acids is 1. The fourth-order valence-electron chi connectivity index (χ4n) is 2.01. The topological polar surface area (TPSA) is 63.6 Å². The molecular weight excluding hydrogens is 264 g/mol. The first kappa shape index (κ1) is 14.8. The van der Waals surface area contributed by atoms with E-state index >= 15 is 0 Å². The minimum atomic E-state index is -0.0938. The van der Waals surface area contributed by atoms with Crippen molar-refractivity contribution in [3.05, 3.63) is 47.1 Å². The van der Waals surface area contributed by atoms with Crippen molar-refractivity contribution in [3.63, 3.8) is 0 Å². The zero-order chi connectivity index (χ0) is 15.6. The highest BCUT2D eigenvalue weighted by Crippen LogP contribution is 2.15. The van der Waals surface area contributed by atoms with Gasteiger partial charge in [0.2, 0.25) is 0 Å². The van der Waals surface area contributed by atoms with E-state index in [0.29, 0.717) is 11.3 Å². The largest absolute Gasteiger partial charge is 0.339 e. The average molecular weight is 282 g/mol. The quantitative estimate of drug-likeness (QED) is 0.640. The first-order valence-electron chi connectivity index (χ1n) is 6.77. The van der Waals surface area contributed by atoms with Gasteiger partial charge in [-0.1, -0.05) is 0 Å². The second-order valence-corrected chi connectivity index (χ2v) is 5.24. The summed E-state index contributed by atoms with van der Waals surface area (Å²) in [7, 11) is 1.83. The molecule has 5 heteroatoms. The first-order valence-corrected chi connectivity index (χ1v) is 6.77. The molecule has 0 unspecified atom stereocenters. The molecule has 0 fully saturated rings. The maximum absolute atomic E-state index is 12.1. The molecule has 0 aliphatic heterocycles. The first-order chi connectivity index (χ1) is 9.93. The van der Waals surface area contributed by atoms with E-state index in [4.69, 9.17) is 5.26 Å². The third-order valence-corrected chi connectivity index (χ3v) is 3.52. The summed E-state index contributed by atoms with van der Waals surface area (Å²) in [6, 6.07) is 4.12. The van der Waals surface area contributed by atoms with Crippen LogP contribution in [-0.2, 0) is 7.05 Å². The lowest BCUT2D eigenvalue weighted by atomic mass is 10.1. The second kappa shape index (κ2) is 5.80. The molecule has 0 radical (unpaired) electrons. The Morgan fingerprint density at radius 1 is 1.48 bits per heavy atom. The van der Waals surface area contributed by atoms with Gasteiger partial charge < -0.3 is 4.57 Å². The zero-order valence-corrected chi connectivity index (χ0v) is 12.7. The zero-order valence-electron chi connectivity index (χ0n) is 12.7. The normalized spacial score (nSPS) is 11.2. The van der Waals surface area contributed by atoms with E-state index in [0.717, 1.165) is 11.3 Å². The summed E-state index contributed by atoms with van der Waals surface area (Å²) in [5, 5.41) is 13.1. The molecule has 0 aliphatic rings. The minimum absolute atomic E-state index is 0.0938. The molecule has 0 atom stereocenters. The molecule has 2 aromatic rings. The van der Waals surface area contributed by atoms with Gasteiger partial charge in [0.15, 0.2) is 5.78 Å². The van der Waals surface area contributed by atoms with Gasteiger partial charge in [0.25, 0.3) is 0 Å². The molecule has 2 aromatic heterocycles. The Kier molecular flexibility index (Phi) is 4.08. The number of aromatic nitrogens is 3. The second-order valence-electron chi connectivity index (χ2n) is 5.24. The van der Waals surface area contributed by atoms with Crippen LogP contribution in [0.1, 0.15) is 47.2 Å². The molecule has 21 heavy (non-hydrogen) atoms. The standard InChI is InChI=1S/C16H18N4O/c1-11(2)20-10-14(9-18-20)16(21)6-5-13-7-15(8-17)19(4)12(13)3/h5-7,9-11H,1-4H3/b6-5+. The van der Waals surface area contributed by atoms with Crippen LogP contribution < -0.4 is 0 Å². The highest BCUT2D eigenvalue weighted by atomic mass is 16.1. The van der Waals surface area contributed by atoms with Crippen molar-refractivity contribution < 1.29 is 4.79 Å². The summed E-state index contributed by atoms with van der Waals surface area (Å²) in [6.45, 7) is 5.93. The smallest absolute Gasteiger partial charge is 0.189 e. The van der Waals surface area contributed by atoms with Crippen molar-refractivity contribution in [2.24, 2.45) is 7.05 Å².